The van der Waals surface area contributed by atoms with Gasteiger partial charge in [0.15, 0.2) is 5.89 Å². The van der Waals surface area contributed by atoms with E-state index in [4.69, 9.17) is 4.42 Å². The smallest absolute Gasteiger partial charge is 0.289 e. The second kappa shape index (κ2) is 7.55. The number of rotatable bonds is 5. The normalized spacial score (nSPS) is 17.2. The molecule has 2 aromatic rings. The summed E-state index contributed by atoms with van der Waals surface area (Å²) >= 11 is 0. The number of amides is 1. The van der Waals surface area contributed by atoms with Gasteiger partial charge < -0.3 is 19.7 Å². The number of aryl methyl sites for hydroxylation is 2. The highest BCUT2D eigenvalue weighted by atomic mass is 19.1. The van der Waals surface area contributed by atoms with Crippen molar-refractivity contribution in [2.75, 3.05) is 26.2 Å². The van der Waals surface area contributed by atoms with Crippen molar-refractivity contribution < 1.29 is 18.7 Å². The molecule has 1 aliphatic heterocycles. The Morgan fingerprint density at radius 1 is 1.38 bits per heavy atom. The summed E-state index contributed by atoms with van der Waals surface area (Å²) in [4.78, 5) is 18.4. The van der Waals surface area contributed by atoms with Crippen LogP contribution in [0.5, 0.6) is 0 Å². The lowest BCUT2D eigenvalue weighted by Crippen LogP contribution is -2.45. The summed E-state index contributed by atoms with van der Waals surface area (Å²) in [6, 6.07) is 6.17. The molecule has 0 atom stereocenters. The Morgan fingerprint density at radius 2 is 2.12 bits per heavy atom. The van der Waals surface area contributed by atoms with Crippen molar-refractivity contribution in [3.05, 3.63) is 53.0 Å². The van der Waals surface area contributed by atoms with Crippen molar-refractivity contribution in [2.24, 2.45) is 0 Å². The number of carbonyl (C=O) groups is 1. The van der Waals surface area contributed by atoms with Crippen LogP contribution in [0.3, 0.4) is 0 Å². The second-order valence-corrected chi connectivity index (χ2v) is 6.79. The lowest BCUT2D eigenvalue weighted by Gasteiger charge is -2.38. The number of nitrogens with one attached hydrogen (secondary N) is 1. The van der Waals surface area contributed by atoms with Crippen molar-refractivity contribution in [3.63, 3.8) is 0 Å². The molecule has 0 saturated carbocycles. The molecule has 140 valence electrons. The first-order valence-corrected chi connectivity index (χ1v) is 8.80. The lowest BCUT2D eigenvalue weighted by atomic mass is 9.84. The molecule has 7 heteroatoms. The topological polar surface area (TPSA) is 78.6 Å². The highest BCUT2D eigenvalue weighted by molar-refractivity contribution is 5.92. The van der Waals surface area contributed by atoms with E-state index in [1.54, 1.807) is 26.0 Å². The third-order valence-electron chi connectivity index (χ3n) is 4.87. The monoisotopic (exact) mass is 361 g/mol. The number of nitrogens with zero attached hydrogens (tertiary/aromatic N) is 2. The molecule has 1 amide bonds. The van der Waals surface area contributed by atoms with Crippen LogP contribution >= 0.6 is 0 Å². The number of halogens is 1. The van der Waals surface area contributed by atoms with Crippen molar-refractivity contribution in [1.82, 2.24) is 15.2 Å². The Labute approximate surface area is 152 Å². The van der Waals surface area contributed by atoms with Gasteiger partial charge in [-0.05, 0) is 37.5 Å². The number of hydrogen-bond acceptors (Lipinski definition) is 5. The third kappa shape index (κ3) is 4.11. The minimum atomic E-state index is -0.990. The molecule has 1 aliphatic rings. The van der Waals surface area contributed by atoms with E-state index in [1.807, 2.05) is 0 Å². The number of piperidine rings is 1. The molecule has 1 aromatic heterocycles. The van der Waals surface area contributed by atoms with E-state index in [9.17, 15) is 14.3 Å². The van der Waals surface area contributed by atoms with Crippen molar-refractivity contribution >= 4 is 5.91 Å². The van der Waals surface area contributed by atoms with Crippen LogP contribution in [-0.4, -0.2) is 47.1 Å². The molecular formula is C19H24FN3O3. The molecular weight excluding hydrogens is 337 g/mol. The van der Waals surface area contributed by atoms with Gasteiger partial charge in [-0.3, -0.25) is 4.79 Å². The predicted molar refractivity (Wildman–Crippen MR) is 94.3 cm³/mol. The van der Waals surface area contributed by atoms with Crippen molar-refractivity contribution in [3.8, 4) is 0 Å². The Balaban J connectivity index is 1.47. The van der Waals surface area contributed by atoms with Crippen LogP contribution in [0, 0.1) is 19.7 Å². The Morgan fingerprint density at radius 3 is 2.73 bits per heavy atom. The fourth-order valence-corrected chi connectivity index (χ4v) is 3.36. The molecule has 1 fully saturated rings. The van der Waals surface area contributed by atoms with Gasteiger partial charge in [-0.15, -0.1) is 0 Å². The fourth-order valence-electron chi connectivity index (χ4n) is 3.36. The molecule has 3 rings (SSSR count). The van der Waals surface area contributed by atoms with Gasteiger partial charge in [-0.1, -0.05) is 12.1 Å². The Kier molecular flexibility index (Phi) is 5.38. The molecule has 2 N–H and O–H groups in total. The summed E-state index contributed by atoms with van der Waals surface area (Å²) in [7, 11) is 0. The summed E-state index contributed by atoms with van der Waals surface area (Å²) in [5, 5.41) is 13.6. The SMILES string of the molecule is Cc1nc(C)c(C(=O)NCCN2CCC(O)(c3cccc(F)c3)CC2)o1. The summed E-state index contributed by atoms with van der Waals surface area (Å²) in [5.41, 5.74) is 0.218. The summed E-state index contributed by atoms with van der Waals surface area (Å²) in [5.74, 6) is 0.123. The average molecular weight is 361 g/mol. The maximum Gasteiger partial charge on any atom is 0.289 e. The summed E-state index contributed by atoms with van der Waals surface area (Å²) in [6.45, 7) is 5.97. The van der Waals surface area contributed by atoms with Gasteiger partial charge in [0.2, 0.25) is 5.76 Å². The quantitative estimate of drug-likeness (QED) is 0.853. The first kappa shape index (κ1) is 18.5. The highest BCUT2D eigenvalue weighted by Crippen LogP contribution is 2.32. The van der Waals surface area contributed by atoms with Crippen LogP contribution < -0.4 is 5.32 Å². The van der Waals surface area contributed by atoms with Crippen LogP contribution in [0.15, 0.2) is 28.7 Å². The number of carbonyl (C=O) groups excluding carboxylic acids is 1. The summed E-state index contributed by atoms with van der Waals surface area (Å²) in [6.07, 6.45) is 1.07. The maximum atomic E-state index is 13.4. The zero-order valence-electron chi connectivity index (χ0n) is 15.1. The van der Waals surface area contributed by atoms with E-state index in [-0.39, 0.29) is 17.5 Å². The van der Waals surface area contributed by atoms with Crippen LogP contribution in [-0.2, 0) is 5.60 Å². The lowest BCUT2D eigenvalue weighted by molar-refractivity contribution is -0.0257. The minimum Gasteiger partial charge on any atom is -0.436 e. The zero-order valence-corrected chi connectivity index (χ0v) is 15.1. The van der Waals surface area contributed by atoms with Crippen LogP contribution in [0.4, 0.5) is 4.39 Å². The number of hydrogen-bond donors (Lipinski definition) is 2. The zero-order chi connectivity index (χ0) is 18.7. The van der Waals surface area contributed by atoms with Crippen molar-refractivity contribution in [1.29, 1.82) is 0 Å². The Hall–Kier alpha value is -2.25. The molecule has 2 heterocycles. The number of aromatic nitrogens is 1. The molecule has 0 aliphatic carbocycles. The van der Waals surface area contributed by atoms with Gasteiger partial charge >= 0.3 is 0 Å². The van der Waals surface area contributed by atoms with Gasteiger partial charge in [0, 0.05) is 33.1 Å². The van der Waals surface area contributed by atoms with Crippen LogP contribution in [0.2, 0.25) is 0 Å². The molecule has 1 saturated heterocycles. The van der Waals surface area contributed by atoms with Crippen LogP contribution in [0.25, 0.3) is 0 Å². The van der Waals surface area contributed by atoms with E-state index in [2.05, 4.69) is 15.2 Å². The molecule has 26 heavy (non-hydrogen) atoms. The average Bonchev–Trinajstić information content (AvgIpc) is 2.95. The van der Waals surface area contributed by atoms with E-state index in [0.29, 0.717) is 56.2 Å². The largest absolute Gasteiger partial charge is 0.436 e. The summed E-state index contributed by atoms with van der Waals surface area (Å²) < 4.78 is 18.7. The molecule has 0 spiro atoms. The minimum absolute atomic E-state index is 0.252. The molecule has 0 bridgehead atoms. The van der Waals surface area contributed by atoms with Gasteiger partial charge in [0.1, 0.15) is 5.82 Å². The number of aliphatic hydroxyl groups is 1. The maximum absolute atomic E-state index is 13.4. The first-order valence-electron chi connectivity index (χ1n) is 8.80. The van der Waals surface area contributed by atoms with E-state index >= 15 is 0 Å². The van der Waals surface area contributed by atoms with Gasteiger partial charge in [-0.2, -0.15) is 0 Å². The molecule has 6 nitrogen and oxygen atoms in total. The van der Waals surface area contributed by atoms with E-state index in [0.717, 1.165) is 0 Å². The fraction of sp³-hybridized carbons (Fsp3) is 0.474. The number of benzene rings is 1. The van der Waals surface area contributed by atoms with E-state index < -0.39 is 5.60 Å². The Bertz CT molecular complexity index is 782. The second-order valence-electron chi connectivity index (χ2n) is 6.79. The van der Waals surface area contributed by atoms with Crippen molar-refractivity contribution in [2.45, 2.75) is 32.3 Å². The van der Waals surface area contributed by atoms with Gasteiger partial charge in [-0.25, -0.2) is 9.37 Å². The third-order valence-corrected chi connectivity index (χ3v) is 4.87. The molecule has 0 unspecified atom stereocenters. The van der Waals surface area contributed by atoms with Gasteiger partial charge in [0.25, 0.3) is 5.91 Å². The molecule has 0 radical (unpaired) electrons. The predicted octanol–water partition coefficient (Wildman–Crippen LogP) is 2.14. The molecule has 1 aromatic carbocycles. The standard InChI is InChI=1S/C19H24FN3O3/c1-13-17(26-14(2)22-13)18(24)21-8-11-23-9-6-19(25,7-10-23)15-4-3-5-16(20)12-15/h3-5,12,25H,6-11H2,1-2H3,(H,21,24). The van der Waals surface area contributed by atoms with Crippen LogP contribution in [0.1, 0.15) is 40.5 Å². The van der Waals surface area contributed by atoms with E-state index in [1.165, 1.54) is 12.1 Å². The number of oxazole rings is 1. The highest BCUT2D eigenvalue weighted by Gasteiger charge is 2.34. The van der Waals surface area contributed by atoms with Gasteiger partial charge in [0.05, 0.1) is 11.3 Å². The number of likely N-dealkylation sites (tertiary alicyclic amines) is 1. The first-order chi connectivity index (χ1) is 12.4.